The normalized spacial score (nSPS) is 23.4. The summed E-state index contributed by atoms with van der Waals surface area (Å²) in [5.41, 5.74) is 5.49. The van der Waals surface area contributed by atoms with E-state index in [2.05, 4.69) is 5.32 Å². The van der Waals surface area contributed by atoms with Gasteiger partial charge in [0.2, 0.25) is 0 Å². The summed E-state index contributed by atoms with van der Waals surface area (Å²) >= 11 is 0. The van der Waals surface area contributed by atoms with Gasteiger partial charge >= 0.3 is 0 Å². The lowest BCUT2D eigenvalue weighted by Crippen LogP contribution is -2.34. The summed E-state index contributed by atoms with van der Waals surface area (Å²) in [4.78, 5) is 13.0. The highest BCUT2D eigenvalue weighted by Gasteiger charge is 2.15. The van der Waals surface area contributed by atoms with E-state index in [-0.39, 0.29) is 18.1 Å². The molecule has 1 heterocycles. The van der Waals surface area contributed by atoms with Crippen LogP contribution >= 0.6 is 0 Å². The lowest BCUT2D eigenvalue weighted by Gasteiger charge is -2.23. The van der Waals surface area contributed by atoms with Gasteiger partial charge in [-0.2, -0.15) is 0 Å². The SMILES string of the molecule is [2H]C([2H])([2H])NC1=CN(CN)CCC1=O. The third-order valence-electron chi connectivity index (χ3n) is 1.61. The number of nitrogens with one attached hydrogen (secondary N) is 1. The fraction of sp³-hybridized carbons (Fsp3) is 0.571. The molecule has 0 aromatic heterocycles. The molecule has 1 aliphatic heterocycles. The lowest BCUT2D eigenvalue weighted by molar-refractivity contribution is -0.116. The number of ketones is 1. The van der Waals surface area contributed by atoms with E-state index in [0.717, 1.165) is 0 Å². The van der Waals surface area contributed by atoms with Gasteiger partial charge in [0, 0.05) is 30.3 Å². The number of likely N-dealkylation sites (N-methyl/N-ethyl adjacent to an activating group) is 1. The van der Waals surface area contributed by atoms with Crippen LogP contribution in [0.5, 0.6) is 0 Å². The van der Waals surface area contributed by atoms with Crippen LogP contribution in [0, 0.1) is 0 Å². The number of carbonyl (C=O) groups excluding carboxylic acids is 1. The zero-order valence-corrected chi connectivity index (χ0v) is 6.13. The van der Waals surface area contributed by atoms with Crippen molar-refractivity contribution in [3.63, 3.8) is 0 Å². The van der Waals surface area contributed by atoms with E-state index in [1.807, 2.05) is 0 Å². The van der Waals surface area contributed by atoms with Crippen molar-refractivity contribution >= 4 is 5.78 Å². The van der Waals surface area contributed by atoms with Crippen LogP contribution in [0.2, 0.25) is 0 Å². The van der Waals surface area contributed by atoms with Gasteiger partial charge in [-0.1, -0.05) is 0 Å². The summed E-state index contributed by atoms with van der Waals surface area (Å²) in [5.74, 6) is -0.189. The van der Waals surface area contributed by atoms with Crippen molar-refractivity contribution in [2.75, 3.05) is 20.2 Å². The van der Waals surface area contributed by atoms with Crippen LogP contribution in [0.1, 0.15) is 10.5 Å². The summed E-state index contributed by atoms with van der Waals surface area (Å²) in [6.45, 7) is -1.51. The van der Waals surface area contributed by atoms with Gasteiger partial charge in [0.05, 0.1) is 12.4 Å². The summed E-state index contributed by atoms with van der Waals surface area (Å²) in [6, 6.07) is 0. The molecule has 0 unspecified atom stereocenters. The monoisotopic (exact) mass is 158 g/mol. The van der Waals surface area contributed by atoms with Crippen molar-refractivity contribution in [3.05, 3.63) is 11.9 Å². The molecule has 11 heavy (non-hydrogen) atoms. The van der Waals surface area contributed by atoms with E-state index in [9.17, 15) is 4.79 Å². The van der Waals surface area contributed by atoms with Crippen LogP contribution in [0.15, 0.2) is 11.9 Å². The molecule has 0 aromatic carbocycles. The van der Waals surface area contributed by atoms with E-state index in [0.29, 0.717) is 13.0 Å². The largest absolute Gasteiger partial charge is 0.384 e. The maximum absolute atomic E-state index is 11.3. The van der Waals surface area contributed by atoms with Gasteiger partial charge < -0.3 is 16.0 Å². The molecular weight excluding hydrogens is 142 g/mol. The summed E-state index contributed by atoms with van der Waals surface area (Å²) < 4.78 is 20.9. The average Bonchev–Trinajstić information content (AvgIpc) is 2.06. The van der Waals surface area contributed by atoms with Crippen molar-refractivity contribution < 1.29 is 8.91 Å². The number of nitrogens with zero attached hydrogens (tertiary/aromatic N) is 1. The number of hydrogen-bond acceptors (Lipinski definition) is 4. The molecule has 0 atom stereocenters. The van der Waals surface area contributed by atoms with Gasteiger partial charge in [-0.05, 0) is 0 Å². The Labute approximate surface area is 70.3 Å². The Hall–Kier alpha value is -1.03. The Morgan fingerprint density at radius 1 is 2.00 bits per heavy atom. The molecule has 0 aliphatic carbocycles. The highest BCUT2D eigenvalue weighted by atomic mass is 16.1. The Morgan fingerprint density at radius 2 is 2.82 bits per heavy atom. The van der Waals surface area contributed by atoms with E-state index in [1.165, 1.54) is 6.20 Å². The Kier molecular flexibility index (Phi) is 1.47. The molecule has 0 saturated heterocycles. The fourth-order valence-corrected chi connectivity index (χ4v) is 0.945. The zero-order valence-electron chi connectivity index (χ0n) is 9.13. The second-order valence-electron chi connectivity index (χ2n) is 2.34. The second kappa shape index (κ2) is 3.39. The molecule has 0 aromatic rings. The number of Topliss-reactive ketones (excluding diaryl/α,β-unsaturated/α-hetero) is 1. The van der Waals surface area contributed by atoms with Crippen LogP contribution in [0.4, 0.5) is 0 Å². The molecule has 4 nitrogen and oxygen atoms in total. The summed E-state index contributed by atoms with van der Waals surface area (Å²) in [5, 5.41) is 2.19. The maximum atomic E-state index is 11.3. The molecule has 0 fully saturated rings. The maximum Gasteiger partial charge on any atom is 0.181 e. The molecule has 0 saturated carbocycles. The molecule has 1 aliphatic rings. The number of rotatable bonds is 2. The highest BCUT2D eigenvalue weighted by molar-refractivity contribution is 5.95. The van der Waals surface area contributed by atoms with Gasteiger partial charge in [0.1, 0.15) is 0 Å². The average molecular weight is 158 g/mol. The molecular formula is C7H13N3O. The molecule has 1 rings (SSSR count). The predicted molar refractivity (Wildman–Crippen MR) is 42.5 cm³/mol. The molecule has 0 spiro atoms. The lowest BCUT2D eigenvalue weighted by atomic mass is 10.1. The van der Waals surface area contributed by atoms with Crippen molar-refractivity contribution in [2.24, 2.45) is 5.73 Å². The zero-order chi connectivity index (χ0) is 10.8. The third-order valence-corrected chi connectivity index (χ3v) is 1.61. The van der Waals surface area contributed by atoms with Crippen LogP contribution in [0.25, 0.3) is 0 Å². The predicted octanol–water partition coefficient (Wildman–Crippen LogP) is -0.762. The Balaban J connectivity index is 2.73. The van der Waals surface area contributed by atoms with E-state index in [1.54, 1.807) is 4.90 Å². The number of carbonyl (C=O) groups is 1. The van der Waals surface area contributed by atoms with Crippen LogP contribution < -0.4 is 11.1 Å². The van der Waals surface area contributed by atoms with E-state index >= 15 is 0 Å². The van der Waals surface area contributed by atoms with Crippen molar-refractivity contribution in [3.8, 4) is 0 Å². The molecule has 0 amide bonds. The Bertz CT molecular complexity index is 261. The van der Waals surface area contributed by atoms with Crippen LogP contribution in [-0.2, 0) is 4.79 Å². The quantitative estimate of drug-likeness (QED) is 0.554. The highest BCUT2D eigenvalue weighted by Crippen LogP contribution is 2.06. The van der Waals surface area contributed by atoms with Gasteiger partial charge in [-0.15, -0.1) is 0 Å². The first-order chi connectivity index (χ1) is 6.42. The molecule has 0 radical (unpaired) electrons. The first-order valence-corrected chi connectivity index (χ1v) is 3.40. The van der Waals surface area contributed by atoms with Gasteiger partial charge in [-0.25, -0.2) is 0 Å². The number of nitrogens with two attached hydrogens (primary N) is 1. The van der Waals surface area contributed by atoms with Crippen LogP contribution in [-0.4, -0.2) is 30.9 Å². The second-order valence-corrected chi connectivity index (χ2v) is 2.34. The van der Waals surface area contributed by atoms with Crippen LogP contribution in [0.3, 0.4) is 0 Å². The van der Waals surface area contributed by atoms with Crippen molar-refractivity contribution in [2.45, 2.75) is 6.42 Å². The number of allylic oxidation sites excluding steroid dienone is 1. The van der Waals surface area contributed by atoms with Gasteiger partial charge in [0.25, 0.3) is 0 Å². The first-order valence-electron chi connectivity index (χ1n) is 4.90. The molecule has 0 bridgehead atoms. The summed E-state index contributed by atoms with van der Waals surface area (Å²) in [6.07, 6.45) is 1.75. The molecule has 3 N–H and O–H groups in total. The molecule has 4 heteroatoms. The minimum Gasteiger partial charge on any atom is -0.384 e. The van der Waals surface area contributed by atoms with Crippen molar-refractivity contribution in [1.82, 2.24) is 10.2 Å². The van der Waals surface area contributed by atoms with Gasteiger partial charge in [0.15, 0.2) is 5.78 Å². The fourth-order valence-electron chi connectivity index (χ4n) is 0.945. The minimum atomic E-state index is -2.33. The third kappa shape index (κ3) is 1.71. The Morgan fingerprint density at radius 3 is 3.45 bits per heavy atom. The van der Waals surface area contributed by atoms with E-state index < -0.39 is 6.98 Å². The number of hydrogen-bond donors (Lipinski definition) is 2. The standard InChI is InChI=1S/C7H13N3O/c1-9-6-4-10(5-8)3-2-7(6)11/h4,9H,2-3,5,8H2,1H3/i1D3. The molecule has 62 valence electrons. The first kappa shape index (κ1) is 4.77. The topological polar surface area (TPSA) is 58.4 Å². The smallest absolute Gasteiger partial charge is 0.181 e. The van der Waals surface area contributed by atoms with Crippen molar-refractivity contribution in [1.29, 1.82) is 0 Å². The van der Waals surface area contributed by atoms with E-state index in [4.69, 9.17) is 9.85 Å². The summed E-state index contributed by atoms with van der Waals surface area (Å²) in [7, 11) is 0. The minimum absolute atomic E-state index is 0.113. The van der Waals surface area contributed by atoms with Gasteiger partial charge in [-0.3, -0.25) is 4.79 Å².